The van der Waals surface area contributed by atoms with E-state index in [-0.39, 0.29) is 4.87 Å². The second-order valence-corrected chi connectivity index (χ2v) is 3.81. The lowest BCUT2D eigenvalue weighted by atomic mass is 10.3. The van der Waals surface area contributed by atoms with Gasteiger partial charge in [0.2, 0.25) is 0 Å². The van der Waals surface area contributed by atoms with E-state index in [9.17, 15) is 4.79 Å². The maximum absolute atomic E-state index is 10.9. The summed E-state index contributed by atoms with van der Waals surface area (Å²) in [6.07, 6.45) is 0. The Kier molecular flexibility index (Phi) is 1.59. The van der Waals surface area contributed by atoms with Gasteiger partial charge in [0.1, 0.15) is 0 Å². The van der Waals surface area contributed by atoms with Crippen molar-refractivity contribution in [2.24, 2.45) is 0 Å². The topological polar surface area (TPSA) is 58.9 Å². The Morgan fingerprint density at radius 2 is 2.25 bits per heavy atom. The maximum atomic E-state index is 10.9. The largest absolute Gasteiger partial charge is 0.399 e. The molecule has 0 aliphatic rings. The normalized spacial score (nSPS) is 10.8. The van der Waals surface area contributed by atoms with Crippen molar-refractivity contribution >= 4 is 38.8 Å². The number of H-pyrrole nitrogens is 1. The molecule has 3 nitrogen and oxygen atoms in total. The van der Waals surface area contributed by atoms with E-state index in [1.165, 1.54) is 0 Å². The number of halogens is 1. The molecule has 5 heteroatoms. The van der Waals surface area contributed by atoms with Crippen LogP contribution in [0.15, 0.2) is 16.9 Å². The van der Waals surface area contributed by atoms with Gasteiger partial charge in [-0.05, 0) is 12.1 Å². The van der Waals surface area contributed by atoms with Crippen LogP contribution >= 0.6 is 22.9 Å². The minimum absolute atomic E-state index is 0.113. The lowest BCUT2D eigenvalue weighted by Gasteiger charge is -1.94. The van der Waals surface area contributed by atoms with E-state index in [0.717, 1.165) is 16.0 Å². The maximum Gasteiger partial charge on any atom is 0.305 e. The second-order valence-electron chi connectivity index (χ2n) is 2.39. The number of benzene rings is 1. The van der Waals surface area contributed by atoms with E-state index < -0.39 is 0 Å². The van der Waals surface area contributed by atoms with E-state index in [4.69, 9.17) is 17.3 Å². The first-order valence-electron chi connectivity index (χ1n) is 3.24. The van der Waals surface area contributed by atoms with Gasteiger partial charge < -0.3 is 10.7 Å². The lowest BCUT2D eigenvalue weighted by molar-refractivity contribution is 1.41. The number of nitrogens with one attached hydrogen (secondary N) is 1. The number of nitrogen functional groups attached to an aromatic ring is 1. The van der Waals surface area contributed by atoms with Crippen molar-refractivity contribution in [2.75, 3.05) is 5.73 Å². The molecule has 0 amide bonds. The number of aromatic nitrogens is 1. The second kappa shape index (κ2) is 2.50. The van der Waals surface area contributed by atoms with E-state index >= 15 is 0 Å². The number of nitrogens with two attached hydrogens (primary N) is 1. The van der Waals surface area contributed by atoms with Crippen LogP contribution in [-0.2, 0) is 0 Å². The van der Waals surface area contributed by atoms with Crippen molar-refractivity contribution in [3.63, 3.8) is 0 Å². The molecule has 0 bridgehead atoms. The molecule has 0 atom stereocenters. The van der Waals surface area contributed by atoms with E-state index in [0.29, 0.717) is 16.2 Å². The predicted octanol–water partition coefficient (Wildman–Crippen LogP) is 1.83. The third-order valence-corrected chi connectivity index (χ3v) is 2.63. The highest BCUT2D eigenvalue weighted by atomic mass is 35.5. The Morgan fingerprint density at radius 3 is 3.00 bits per heavy atom. The summed E-state index contributed by atoms with van der Waals surface area (Å²) in [7, 11) is 0. The predicted molar refractivity (Wildman–Crippen MR) is 51.9 cm³/mol. The molecule has 0 fully saturated rings. The minimum Gasteiger partial charge on any atom is -0.399 e. The average Bonchev–Trinajstić information content (AvgIpc) is 2.29. The Balaban J connectivity index is 2.97. The first kappa shape index (κ1) is 7.64. The molecule has 0 aliphatic carbocycles. The highest BCUT2D eigenvalue weighted by Gasteiger charge is 2.03. The summed E-state index contributed by atoms with van der Waals surface area (Å²) in [6.45, 7) is 0. The number of aromatic amines is 1. The summed E-state index contributed by atoms with van der Waals surface area (Å²) in [4.78, 5) is 13.4. The molecule has 3 N–H and O–H groups in total. The number of thiazole rings is 1. The van der Waals surface area contributed by atoms with Gasteiger partial charge in [-0.2, -0.15) is 0 Å². The van der Waals surface area contributed by atoms with Gasteiger partial charge in [0.15, 0.2) is 0 Å². The van der Waals surface area contributed by atoms with Gasteiger partial charge in [-0.1, -0.05) is 22.9 Å². The summed E-state index contributed by atoms with van der Waals surface area (Å²) in [5, 5.41) is 0.489. The fourth-order valence-corrected chi connectivity index (χ4v) is 2.17. The summed E-state index contributed by atoms with van der Waals surface area (Å²) in [5.41, 5.74) is 6.78. The number of anilines is 1. The van der Waals surface area contributed by atoms with Gasteiger partial charge in [-0.25, -0.2) is 0 Å². The summed E-state index contributed by atoms with van der Waals surface area (Å²) in [5.74, 6) is 0. The number of hydrogen-bond acceptors (Lipinski definition) is 3. The van der Waals surface area contributed by atoms with Gasteiger partial charge in [0.05, 0.1) is 15.2 Å². The first-order chi connectivity index (χ1) is 5.66. The molecule has 62 valence electrons. The van der Waals surface area contributed by atoms with Crippen LogP contribution in [-0.4, -0.2) is 4.98 Å². The Morgan fingerprint density at radius 1 is 1.50 bits per heavy atom. The molecule has 0 saturated carbocycles. The van der Waals surface area contributed by atoms with Crippen LogP contribution in [0.2, 0.25) is 5.02 Å². The minimum atomic E-state index is -0.113. The summed E-state index contributed by atoms with van der Waals surface area (Å²) in [6, 6.07) is 3.34. The molecule has 1 aromatic heterocycles. The fraction of sp³-hybridized carbons (Fsp3) is 0. The van der Waals surface area contributed by atoms with Gasteiger partial charge in [-0.3, -0.25) is 4.79 Å². The van der Waals surface area contributed by atoms with Crippen molar-refractivity contribution in [2.45, 2.75) is 0 Å². The quantitative estimate of drug-likeness (QED) is 0.638. The molecule has 0 unspecified atom stereocenters. The molecule has 0 radical (unpaired) electrons. The first-order valence-corrected chi connectivity index (χ1v) is 4.44. The lowest BCUT2D eigenvalue weighted by Crippen LogP contribution is -1.90. The van der Waals surface area contributed by atoms with Crippen LogP contribution in [0.5, 0.6) is 0 Å². The van der Waals surface area contributed by atoms with E-state index in [1.807, 2.05) is 0 Å². The zero-order valence-corrected chi connectivity index (χ0v) is 7.50. The Hall–Kier alpha value is -1.00. The van der Waals surface area contributed by atoms with Crippen LogP contribution in [0.25, 0.3) is 10.2 Å². The molecular weight excluding hydrogens is 196 g/mol. The van der Waals surface area contributed by atoms with E-state index in [2.05, 4.69) is 4.98 Å². The third-order valence-electron chi connectivity index (χ3n) is 1.51. The van der Waals surface area contributed by atoms with Crippen LogP contribution in [0.1, 0.15) is 0 Å². The van der Waals surface area contributed by atoms with Crippen molar-refractivity contribution in [1.82, 2.24) is 4.98 Å². The molecule has 0 spiro atoms. The third kappa shape index (κ3) is 1.09. The van der Waals surface area contributed by atoms with Crippen LogP contribution in [0, 0.1) is 0 Å². The van der Waals surface area contributed by atoms with Crippen molar-refractivity contribution in [3.05, 3.63) is 26.8 Å². The van der Waals surface area contributed by atoms with Gasteiger partial charge >= 0.3 is 4.87 Å². The van der Waals surface area contributed by atoms with Crippen LogP contribution in [0.4, 0.5) is 5.69 Å². The zero-order valence-electron chi connectivity index (χ0n) is 5.93. The van der Waals surface area contributed by atoms with Gasteiger partial charge in [0.25, 0.3) is 0 Å². The fourth-order valence-electron chi connectivity index (χ4n) is 1.03. The van der Waals surface area contributed by atoms with E-state index in [1.54, 1.807) is 12.1 Å². The Labute approximate surface area is 76.8 Å². The summed E-state index contributed by atoms with van der Waals surface area (Å²) < 4.78 is 0.796. The van der Waals surface area contributed by atoms with Gasteiger partial charge in [-0.15, -0.1) is 0 Å². The average molecular weight is 201 g/mol. The molecule has 2 rings (SSSR count). The molecular formula is C7H5ClN2OS. The molecule has 1 heterocycles. The molecule has 12 heavy (non-hydrogen) atoms. The zero-order chi connectivity index (χ0) is 8.72. The molecule has 2 aromatic rings. The van der Waals surface area contributed by atoms with Crippen molar-refractivity contribution in [1.29, 1.82) is 0 Å². The number of hydrogen-bond donors (Lipinski definition) is 2. The molecule has 0 aliphatic heterocycles. The number of fused-ring (bicyclic) bond motifs is 1. The Bertz CT molecular complexity index is 488. The van der Waals surface area contributed by atoms with Crippen LogP contribution in [0.3, 0.4) is 0 Å². The number of rotatable bonds is 0. The molecule has 0 saturated heterocycles. The van der Waals surface area contributed by atoms with Crippen molar-refractivity contribution in [3.8, 4) is 0 Å². The van der Waals surface area contributed by atoms with Gasteiger partial charge in [0, 0.05) is 5.69 Å². The monoisotopic (exact) mass is 200 g/mol. The SMILES string of the molecule is Nc1cc(Cl)c2[nH]c(=O)sc2c1. The smallest absolute Gasteiger partial charge is 0.305 e. The highest BCUT2D eigenvalue weighted by Crippen LogP contribution is 2.25. The molecule has 1 aromatic carbocycles. The van der Waals surface area contributed by atoms with Crippen molar-refractivity contribution < 1.29 is 0 Å². The summed E-state index contributed by atoms with van der Waals surface area (Å²) >= 11 is 6.94. The standard InChI is InChI=1S/C7H5ClN2OS/c8-4-1-3(9)2-5-6(4)10-7(11)12-5/h1-2H,9H2,(H,10,11). The van der Waals surface area contributed by atoms with Crippen LogP contribution < -0.4 is 10.6 Å². The highest BCUT2D eigenvalue weighted by molar-refractivity contribution is 7.16.